The SMILES string of the molecule is C#CCN=C(N)Nc1ccc(C(C)CC)cc1.I. The van der Waals surface area contributed by atoms with Gasteiger partial charge in [0.15, 0.2) is 5.96 Å². The van der Waals surface area contributed by atoms with Gasteiger partial charge in [-0.15, -0.1) is 30.4 Å². The Balaban J connectivity index is 0.00000289. The van der Waals surface area contributed by atoms with Gasteiger partial charge in [-0.3, -0.25) is 0 Å². The predicted molar refractivity (Wildman–Crippen MR) is 89.5 cm³/mol. The third-order valence-corrected chi connectivity index (χ3v) is 2.71. The van der Waals surface area contributed by atoms with Crippen molar-refractivity contribution in [3.63, 3.8) is 0 Å². The van der Waals surface area contributed by atoms with Crippen LogP contribution < -0.4 is 11.1 Å². The molecule has 0 aromatic heterocycles. The van der Waals surface area contributed by atoms with E-state index in [2.05, 4.69) is 42.2 Å². The zero-order valence-corrected chi connectivity index (χ0v) is 13.1. The van der Waals surface area contributed by atoms with Gasteiger partial charge in [0.2, 0.25) is 0 Å². The maximum Gasteiger partial charge on any atom is 0.194 e. The summed E-state index contributed by atoms with van der Waals surface area (Å²) in [6.45, 7) is 4.69. The van der Waals surface area contributed by atoms with E-state index in [1.807, 2.05) is 12.1 Å². The van der Waals surface area contributed by atoms with Crippen molar-refractivity contribution in [3.05, 3.63) is 29.8 Å². The van der Waals surface area contributed by atoms with Crippen molar-refractivity contribution in [1.29, 1.82) is 0 Å². The molecule has 18 heavy (non-hydrogen) atoms. The largest absolute Gasteiger partial charge is 0.370 e. The van der Waals surface area contributed by atoms with E-state index >= 15 is 0 Å². The summed E-state index contributed by atoms with van der Waals surface area (Å²) >= 11 is 0. The fourth-order valence-corrected chi connectivity index (χ4v) is 1.45. The maximum absolute atomic E-state index is 5.66. The Morgan fingerprint density at radius 3 is 2.56 bits per heavy atom. The minimum Gasteiger partial charge on any atom is -0.370 e. The van der Waals surface area contributed by atoms with Gasteiger partial charge in [0.25, 0.3) is 0 Å². The first kappa shape index (κ1) is 16.8. The Labute approximate surface area is 126 Å². The summed E-state index contributed by atoms with van der Waals surface area (Å²) in [5.41, 5.74) is 7.92. The van der Waals surface area contributed by atoms with Crippen LogP contribution in [-0.2, 0) is 0 Å². The second-order valence-corrected chi connectivity index (χ2v) is 3.96. The van der Waals surface area contributed by atoms with E-state index in [1.165, 1.54) is 5.56 Å². The molecule has 1 rings (SSSR count). The van der Waals surface area contributed by atoms with E-state index in [0.717, 1.165) is 12.1 Å². The Morgan fingerprint density at radius 2 is 2.06 bits per heavy atom. The summed E-state index contributed by atoms with van der Waals surface area (Å²) in [5, 5.41) is 2.99. The molecule has 1 atom stereocenters. The van der Waals surface area contributed by atoms with Gasteiger partial charge in [-0.2, -0.15) is 0 Å². The first-order valence-electron chi connectivity index (χ1n) is 5.77. The van der Waals surface area contributed by atoms with Gasteiger partial charge in [-0.05, 0) is 30.0 Å². The Bertz CT molecular complexity index is 418. The molecule has 1 aromatic rings. The fourth-order valence-electron chi connectivity index (χ4n) is 1.45. The molecule has 3 nitrogen and oxygen atoms in total. The molecule has 98 valence electrons. The van der Waals surface area contributed by atoms with Crippen LogP contribution in [0.15, 0.2) is 29.3 Å². The van der Waals surface area contributed by atoms with Gasteiger partial charge in [-0.1, -0.05) is 31.9 Å². The number of benzene rings is 1. The van der Waals surface area contributed by atoms with Crippen LogP contribution in [0.5, 0.6) is 0 Å². The highest BCUT2D eigenvalue weighted by atomic mass is 127. The summed E-state index contributed by atoms with van der Waals surface area (Å²) < 4.78 is 0. The van der Waals surface area contributed by atoms with Crippen LogP contribution in [0, 0.1) is 12.3 Å². The standard InChI is InChI=1S/C14H19N3.HI/c1-4-10-16-14(15)17-13-8-6-12(7-9-13)11(3)5-2;/h1,6-9,11H,5,10H2,2-3H3,(H3,15,16,17);1H. The molecule has 0 saturated heterocycles. The van der Waals surface area contributed by atoms with E-state index in [4.69, 9.17) is 12.2 Å². The van der Waals surface area contributed by atoms with Crippen molar-refractivity contribution in [3.8, 4) is 12.3 Å². The van der Waals surface area contributed by atoms with Crippen LogP contribution in [-0.4, -0.2) is 12.5 Å². The lowest BCUT2D eigenvalue weighted by Gasteiger charge is -2.10. The van der Waals surface area contributed by atoms with E-state index in [-0.39, 0.29) is 24.0 Å². The van der Waals surface area contributed by atoms with Crippen molar-refractivity contribution >= 4 is 35.6 Å². The molecule has 0 aliphatic heterocycles. The highest BCUT2D eigenvalue weighted by Gasteiger charge is 2.02. The average Bonchev–Trinajstić information content (AvgIpc) is 2.36. The number of guanidine groups is 1. The number of anilines is 1. The smallest absolute Gasteiger partial charge is 0.194 e. The number of nitrogens with one attached hydrogen (secondary N) is 1. The lowest BCUT2D eigenvalue weighted by molar-refractivity contribution is 0.734. The molecule has 0 aliphatic carbocycles. The monoisotopic (exact) mass is 357 g/mol. The number of hydrogen-bond acceptors (Lipinski definition) is 1. The van der Waals surface area contributed by atoms with Crippen molar-refractivity contribution in [2.45, 2.75) is 26.2 Å². The van der Waals surface area contributed by atoms with Gasteiger partial charge < -0.3 is 11.1 Å². The van der Waals surface area contributed by atoms with Gasteiger partial charge in [0, 0.05) is 5.69 Å². The molecule has 0 radical (unpaired) electrons. The highest BCUT2D eigenvalue weighted by Crippen LogP contribution is 2.20. The predicted octanol–water partition coefficient (Wildman–Crippen LogP) is 3.18. The molecule has 0 heterocycles. The Hall–Kier alpha value is -1.22. The number of nitrogens with zero attached hydrogens (tertiary/aromatic N) is 1. The number of terminal acetylenes is 1. The summed E-state index contributed by atoms with van der Waals surface area (Å²) in [5.74, 6) is 3.34. The number of hydrogen-bond donors (Lipinski definition) is 2. The van der Waals surface area contributed by atoms with Crippen molar-refractivity contribution in [2.75, 3.05) is 11.9 Å². The molecule has 3 N–H and O–H groups in total. The van der Waals surface area contributed by atoms with Crippen molar-refractivity contribution < 1.29 is 0 Å². The van der Waals surface area contributed by atoms with Gasteiger partial charge in [0.1, 0.15) is 6.54 Å². The summed E-state index contributed by atoms with van der Waals surface area (Å²) in [7, 11) is 0. The van der Waals surface area contributed by atoms with Crippen molar-refractivity contribution in [2.24, 2.45) is 10.7 Å². The number of aliphatic imine (C=N–C) groups is 1. The lowest BCUT2D eigenvalue weighted by Crippen LogP contribution is -2.22. The molecular formula is C14H20IN3. The maximum atomic E-state index is 5.66. The zero-order chi connectivity index (χ0) is 12.7. The summed E-state index contributed by atoms with van der Waals surface area (Å²) in [6, 6.07) is 8.20. The van der Waals surface area contributed by atoms with Crippen molar-refractivity contribution in [1.82, 2.24) is 0 Å². The van der Waals surface area contributed by atoms with E-state index in [1.54, 1.807) is 0 Å². The number of nitrogens with two attached hydrogens (primary N) is 1. The molecule has 4 heteroatoms. The molecule has 0 bridgehead atoms. The van der Waals surface area contributed by atoms with Crippen LogP contribution in [0.25, 0.3) is 0 Å². The number of halogens is 1. The molecule has 0 fully saturated rings. The van der Waals surface area contributed by atoms with Gasteiger partial charge in [0.05, 0.1) is 0 Å². The quantitative estimate of drug-likeness (QED) is 0.376. The first-order valence-corrected chi connectivity index (χ1v) is 5.77. The lowest BCUT2D eigenvalue weighted by atomic mass is 9.99. The topological polar surface area (TPSA) is 50.4 Å². The van der Waals surface area contributed by atoms with E-state index < -0.39 is 0 Å². The molecule has 0 saturated carbocycles. The molecular weight excluding hydrogens is 337 g/mol. The minimum absolute atomic E-state index is 0. The van der Waals surface area contributed by atoms with Crippen LogP contribution in [0.3, 0.4) is 0 Å². The zero-order valence-electron chi connectivity index (χ0n) is 10.8. The molecule has 1 aromatic carbocycles. The Kier molecular flexibility index (Phi) is 8.21. The highest BCUT2D eigenvalue weighted by molar-refractivity contribution is 14.0. The second-order valence-electron chi connectivity index (χ2n) is 3.96. The second kappa shape index (κ2) is 8.81. The summed E-state index contributed by atoms with van der Waals surface area (Å²) in [4.78, 5) is 3.96. The molecule has 0 amide bonds. The summed E-state index contributed by atoms with van der Waals surface area (Å²) in [6.07, 6.45) is 6.24. The van der Waals surface area contributed by atoms with Crippen LogP contribution in [0.4, 0.5) is 5.69 Å². The van der Waals surface area contributed by atoms with Crippen LogP contribution in [0.2, 0.25) is 0 Å². The molecule has 0 aliphatic rings. The third kappa shape index (κ3) is 5.41. The minimum atomic E-state index is 0. The third-order valence-electron chi connectivity index (χ3n) is 2.71. The van der Waals surface area contributed by atoms with Crippen LogP contribution >= 0.6 is 24.0 Å². The van der Waals surface area contributed by atoms with Gasteiger partial charge >= 0.3 is 0 Å². The van der Waals surface area contributed by atoms with E-state index in [9.17, 15) is 0 Å². The normalized spacial score (nSPS) is 12.2. The van der Waals surface area contributed by atoms with Gasteiger partial charge in [-0.25, -0.2) is 4.99 Å². The Morgan fingerprint density at radius 1 is 1.44 bits per heavy atom. The molecule has 1 unspecified atom stereocenters. The average molecular weight is 357 g/mol. The number of rotatable bonds is 4. The van der Waals surface area contributed by atoms with Crippen LogP contribution in [0.1, 0.15) is 31.7 Å². The first-order chi connectivity index (χ1) is 8.17. The molecule has 0 spiro atoms. The van der Waals surface area contributed by atoms with E-state index in [0.29, 0.717) is 18.4 Å². The fraction of sp³-hybridized carbons (Fsp3) is 0.357.